The van der Waals surface area contributed by atoms with Crippen LogP contribution in [0.1, 0.15) is 39.5 Å². The van der Waals surface area contributed by atoms with Gasteiger partial charge in [-0.1, -0.05) is 35.4 Å². The summed E-state index contributed by atoms with van der Waals surface area (Å²) in [5.41, 5.74) is 5.45. The predicted molar refractivity (Wildman–Crippen MR) is 80.5 cm³/mol. The third kappa shape index (κ3) is 3.26. The van der Waals surface area contributed by atoms with E-state index in [-0.39, 0.29) is 5.82 Å². The van der Waals surface area contributed by atoms with Gasteiger partial charge in [-0.15, -0.1) is 0 Å². The summed E-state index contributed by atoms with van der Waals surface area (Å²) in [7, 11) is 0. The summed E-state index contributed by atoms with van der Waals surface area (Å²) >= 11 is 0. The van der Waals surface area contributed by atoms with Crippen molar-refractivity contribution in [3.8, 4) is 0 Å². The van der Waals surface area contributed by atoms with Crippen LogP contribution in [0.3, 0.4) is 0 Å². The van der Waals surface area contributed by atoms with Crippen molar-refractivity contribution in [3.05, 3.63) is 69.5 Å². The highest BCUT2D eigenvalue weighted by atomic mass is 19.1. The molecule has 106 valence electrons. The molecule has 2 aromatic carbocycles. The van der Waals surface area contributed by atoms with Crippen LogP contribution in [0.25, 0.3) is 0 Å². The molecule has 0 fully saturated rings. The monoisotopic (exact) mass is 272 g/mol. The van der Waals surface area contributed by atoms with Crippen molar-refractivity contribution >= 4 is 0 Å². The van der Waals surface area contributed by atoms with E-state index in [1.807, 2.05) is 45.9 Å². The molecule has 1 N–H and O–H groups in total. The normalized spacial score (nSPS) is 12.5. The number of rotatable bonds is 3. The average molecular weight is 272 g/mol. The Morgan fingerprint density at radius 3 is 2.00 bits per heavy atom. The fourth-order valence-electron chi connectivity index (χ4n) is 2.86. The topological polar surface area (TPSA) is 20.2 Å². The van der Waals surface area contributed by atoms with E-state index in [1.54, 1.807) is 0 Å². The van der Waals surface area contributed by atoms with E-state index in [4.69, 9.17) is 0 Å². The van der Waals surface area contributed by atoms with E-state index >= 15 is 0 Å². The maximum absolute atomic E-state index is 14.1. The molecule has 0 bridgehead atoms. The van der Waals surface area contributed by atoms with Gasteiger partial charge in [0.1, 0.15) is 5.82 Å². The maximum atomic E-state index is 14.1. The Balaban J connectivity index is 2.30. The highest BCUT2D eigenvalue weighted by Crippen LogP contribution is 2.26. The van der Waals surface area contributed by atoms with E-state index in [0.29, 0.717) is 12.0 Å². The highest BCUT2D eigenvalue weighted by Gasteiger charge is 2.17. The Morgan fingerprint density at radius 1 is 0.900 bits per heavy atom. The lowest BCUT2D eigenvalue weighted by atomic mass is 9.94. The Kier molecular flexibility index (Phi) is 4.24. The molecule has 0 heterocycles. The molecule has 0 radical (unpaired) electrons. The number of benzene rings is 2. The molecular weight excluding hydrogens is 251 g/mol. The largest absolute Gasteiger partial charge is 0.388 e. The number of aryl methyl sites for hydroxylation is 4. The van der Waals surface area contributed by atoms with E-state index in [1.165, 1.54) is 6.07 Å². The van der Waals surface area contributed by atoms with Crippen LogP contribution in [-0.2, 0) is 6.42 Å². The Morgan fingerprint density at radius 2 is 1.45 bits per heavy atom. The Bertz CT molecular complexity index is 588. The molecule has 0 saturated carbocycles. The quantitative estimate of drug-likeness (QED) is 0.881. The molecular formula is C18H21FO. The standard InChI is InChI=1S/C18H21FO/c1-11-5-12(2)8-15(7-11)10-17(20)18-14(4)6-13(3)9-16(18)19/h5-9,17,20H,10H2,1-4H3. The molecule has 2 heteroatoms. The van der Waals surface area contributed by atoms with Crippen LogP contribution in [0.5, 0.6) is 0 Å². The lowest BCUT2D eigenvalue weighted by Crippen LogP contribution is -2.07. The van der Waals surface area contributed by atoms with Gasteiger partial charge in [-0.3, -0.25) is 0 Å². The van der Waals surface area contributed by atoms with Crippen molar-refractivity contribution in [2.75, 3.05) is 0 Å². The van der Waals surface area contributed by atoms with Crippen LogP contribution >= 0.6 is 0 Å². The number of hydrogen-bond donors (Lipinski definition) is 1. The zero-order valence-electron chi connectivity index (χ0n) is 12.5. The van der Waals surface area contributed by atoms with E-state index in [2.05, 4.69) is 6.07 Å². The minimum absolute atomic E-state index is 0.320. The Labute approximate surface area is 120 Å². The molecule has 2 rings (SSSR count). The zero-order valence-corrected chi connectivity index (χ0v) is 12.5. The first-order valence-corrected chi connectivity index (χ1v) is 6.88. The van der Waals surface area contributed by atoms with Crippen molar-refractivity contribution in [2.24, 2.45) is 0 Å². The van der Waals surface area contributed by atoms with Gasteiger partial charge in [0.25, 0.3) is 0 Å². The smallest absolute Gasteiger partial charge is 0.129 e. The van der Waals surface area contributed by atoms with Crippen molar-refractivity contribution in [2.45, 2.75) is 40.2 Å². The van der Waals surface area contributed by atoms with Gasteiger partial charge < -0.3 is 5.11 Å². The first-order valence-electron chi connectivity index (χ1n) is 6.88. The Hall–Kier alpha value is -1.67. The van der Waals surface area contributed by atoms with Crippen LogP contribution in [0.4, 0.5) is 4.39 Å². The number of halogens is 1. The minimum atomic E-state index is -0.809. The molecule has 0 amide bonds. The van der Waals surface area contributed by atoms with Gasteiger partial charge in [-0.05, 0) is 50.5 Å². The number of aliphatic hydroxyl groups is 1. The third-order valence-electron chi connectivity index (χ3n) is 3.52. The first kappa shape index (κ1) is 14.7. The van der Waals surface area contributed by atoms with Crippen molar-refractivity contribution in [1.29, 1.82) is 0 Å². The zero-order chi connectivity index (χ0) is 14.9. The SMILES string of the molecule is Cc1cc(C)cc(CC(O)c2c(C)cc(C)cc2F)c1. The molecule has 1 unspecified atom stereocenters. The minimum Gasteiger partial charge on any atom is -0.388 e. The highest BCUT2D eigenvalue weighted by molar-refractivity contribution is 5.35. The summed E-state index contributed by atoms with van der Waals surface area (Å²) in [5.74, 6) is -0.320. The van der Waals surface area contributed by atoms with Crippen LogP contribution in [0.15, 0.2) is 30.3 Å². The van der Waals surface area contributed by atoms with Gasteiger partial charge in [0.2, 0.25) is 0 Å². The number of hydrogen-bond acceptors (Lipinski definition) is 1. The molecule has 0 aliphatic carbocycles. The van der Waals surface area contributed by atoms with Crippen molar-refractivity contribution in [1.82, 2.24) is 0 Å². The molecule has 0 aromatic heterocycles. The second-order valence-corrected chi connectivity index (χ2v) is 5.69. The van der Waals surface area contributed by atoms with Gasteiger partial charge in [-0.25, -0.2) is 4.39 Å². The molecule has 0 aliphatic heterocycles. The molecule has 0 saturated heterocycles. The molecule has 20 heavy (non-hydrogen) atoms. The summed E-state index contributed by atoms with van der Waals surface area (Å²) in [6.45, 7) is 7.76. The van der Waals surface area contributed by atoms with Crippen molar-refractivity contribution in [3.63, 3.8) is 0 Å². The van der Waals surface area contributed by atoms with Crippen LogP contribution in [-0.4, -0.2) is 5.11 Å². The summed E-state index contributed by atoms with van der Waals surface area (Å²) < 4.78 is 14.1. The fraction of sp³-hybridized carbons (Fsp3) is 0.333. The third-order valence-corrected chi connectivity index (χ3v) is 3.52. The molecule has 1 nitrogen and oxygen atoms in total. The summed E-state index contributed by atoms with van der Waals surface area (Å²) in [4.78, 5) is 0. The van der Waals surface area contributed by atoms with E-state index in [0.717, 1.165) is 27.8 Å². The van der Waals surface area contributed by atoms with Gasteiger partial charge >= 0.3 is 0 Å². The van der Waals surface area contributed by atoms with Gasteiger partial charge in [0.15, 0.2) is 0 Å². The second-order valence-electron chi connectivity index (χ2n) is 5.69. The van der Waals surface area contributed by atoms with Crippen molar-refractivity contribution < 1.29 is 9.50 Å². The lowest BCUT2D eigenvalue weighted by molar-refractivity contribution is 0.173. The summed E-state index contributed by atoms with van der Waals surface area (Å²) in [6.07, 6.45) is -0.375. The van der Waals surface area contributed by atoms with Gasteiger partial charge in [-0.2, -0.15) is 0 Å². The van der Waals surface area contributed by atoms with Gasteiger partial charge in [0, 0.05) is 12.0 Å². The second kappa shape index (κ2) is 5.76. The summed E-state index contributed by atoms with van der Waals surface area (Å²) in [5, 5.41) is 10.4. The summed E-state index contributed by atoms with van der Waals surface area (Å²) in [6, 6.07) is 9.55. The average Bonchev–Trinajstić information content (AvgIpc) is 2.25. The predicted octanol–water partition coefficient (Wildman–Crippen LogP) is 4.34. The fourth-order valence-corrected chi connectivity index (χ4v) is 2.86. The van der Waals surface area contributed by atoms with Gasteiger partial charge in [0.05, 0.1) is 6.10 Å². The van der Waals surface area contributed by atoms with Crippen LogP contribution in [0.2, 0.25) is 0 Å². The first-order chi connectivity index (χ1) is 9.36. The molecule has 0 spiro atoms. The molecule has 2 aromatic rings. The lowest BCUT2D eigenvalue weighted by Gasteiger charge is -2.16. The van der Waals surface area contributed by atoms with Crippen LogP contribution in [0, 0.1) is 33.5 Å². The molecule has 1 atom stereocenters. The van der Waals surface area contributed by atoms with E-state index < -0.39 is 6.10 Å². The van der Waals surface area contributed by atoms with E-state index in [9.17, 15) is 9.50 Å². The van der Waals surface area contributed by atoms with Crippen LogP contribution < -0.4 is 0 Å². The molecule has 0 aliphatic rings. The number of aliphatic hydroxyl groups excluding tert-OH is 1. The maximum Gasteiger partial charge on any atom is 0.129 e.